The summed E-state index contributed by atoms with van der Waals surface area (Å²) in [5, 5.41) is 1.40. The molecule has 0 amide bonds. The van der Waals surface area contributed by atoms with Gasteiger partial charge < -0.3 is 0 Å². The molecule has 0 atom stereocenters. The molecule has 0 unspecified atom stereocenters. The first-order chi connectivity index (χ1) is 9.56. The molecule has 20 heavy (non-hydrogen) atoms. The zero-order valence-corrected chi connectivity index (χ0v) is 13.2. The lowest BCUT2D eigenvalue weighted by molar-refractivity contribution is -0.657. The summed E-state index contributed by atoms with van der Waals surface area (Å²) in [6, 6.07) is 4.59. The van der Waals surface area contributed by atoms with Crippen LogP contribution in [-0.4, -0.2) is 4.98 Å². The van der Waals surface area contributed by atoms with Crippen LogP contribution in [0.4, 0.5) is 0 Å². The zero-order chi connectivity index (χ0) is 14.0. The maximum Gasteiger partial charge on any atom is 0.234 e. The normalized spacial score (nSPS) is 13.7. The second-order valence-electron chi connectivity index (χ2n) is 6.37. The van der Waals surface area contributed by atoms with Crippen LogP contribution in [0.15, 0.2) is 18.3 Å². The van der Waals surface area contributed by atoms with E-state index in [0.717, 1.165) is 6.54 Å². The molecule has 0 fully saturated rings. The van der Waals surface area contributed by atoms with Gasteiger partial charge in [0.15, 0.2) is 12.7 Å². The first-order valence-electron chi connectivity index (χ1n) is 7.34. The van der Waals surface area contributed by atoms with Crippen LogP contribution in [0.25, 0.3) is 20.4 Å². The fraction of sp³-hybridized carbons (Fsp3) is 0.412. The molecule has 0 aromatic carbocycles. The van der Waals surface area contributed by atoms with Crippen LogP contribution in [-0.2, 0) is 6.54 Å². The lowest BCUT2D eigenvalue weighted by atomic mass is 10.0. The highest BCUT2D eigenvalue weighted by atomic mass is 32.1. The van der Waals surface area contributed by atoms with Crippen molar-refractivity contribution < 1.29 is 4.57 Å². The summed E-state index contributed by atoms with van der Waals surface area (Å²) >= 11 is 1.87. The van der Waals surface area contributed by atoms with Crippen LogP contribution < -0.4 is 4.57 Å². The monoisotopic (exact) mass is 283 g/mol. The van der Waals surface area contributed by atoms with Gasteiger partial charge in [-0.2, -0.15) is 4.57 Å². The Balaban J connectivity index is 2.14. The Morgan fingerprint density at radius 3 is 2.70 bits per heavy atom. The van der Waals surface area contributed by atoms with Gasteiger partial charge in [0.2, 0.25) is 5.52 Å². The van der Waals surface area contributed by atoms with Gasteiger partial charge in [0.25, 0.3) is 0 Å². The standard InChI is InChI=1S/C17H19N2S/c1-9(2)12-5-6-19-8-11-7-13(10(3)4)18-17-14(11)15(19)16(12)20-17/h5-7,9-10H,8H2,1-4H3/q+1. The van der Waals surface area contributed by atoms with Crippen molar-refractivity contribution in [2.75, 3.05) is 0 Å². The molecule has 2 nitrogen and oxygen atoms in total. The van der Waals surface area contributed by atoms with Crippen molar-refractivity contribution in [2.24, 2.45) is 0 Å². The summed E-state index contributed by atoms with van der Waals surface area (Å²) in [5.74, 6) is 1.05. The van der Waals surface area contributed by atoms with Crippen LogP contribution in [0.1, 0.15) is 56.4 Å². The second-order valence-corrected chi connectivity index (χ2v) is 7.37. The third-order valence-electron chi connectivity index (χ3n) is 4.28. The van der Waals surface area contributed by atoms with Gasteiger partial charge in [-0.05, 0) is 23.5 Å². The van der Waals surface area contributed by atoms with E-state index < -0.39 is 0 Å². The predicted octanol–water partition coefficient (Wildman–Crippen LogP) is 4.35. The summed E-state index contributed by atoms with van der Waals surface area (Å²) in [6.07, 6.45) is 2.25. The van der Waals surface area contributed by atoms with Crippen LogP contribution in [0.3, 0.4) is 0 Å². The van der Waals surface area contributed by atoms with Crippen molar-refractivity contribution in [3.05, 3.63) is 35.2 Å². The highest BCUT2D eigenvalue weighted by Crippen LogP contribution is 2.40. The van der Waals surface area contributed by atoms with Gasteiger partial charge in [-0.3, -0.25) is 0 Å². The Kier molecular flexibility index (Phi) is 2.46. The van der Waals surface area contributed by atoms with E-state index in [4.69, 9.17) is 4.98 Å². The molecule has 0 saturated carbocycles. The fourth-order valence-electron chi connectivity index (χ4n) is 3.16. The fourth-order valence-corrected chi connectivity index (χ4v) is 4.57. The lowest BCUT2D eigenvalue weighted by Gasteiger charge is -2.06. The first-order valence-corrected chi connectivity index (χ1v) is 8.16. The molecular weight excluding hydrogens is 264 g/mol. The summed E-state index contributed by atoms with van der Waals surface area (Å²) in [5.41, 5.74) is 5.54. The van der Waals surface area contributed by atoms with Gasteiger partial charge in [-0.15, -0.1) is 11.3 Å². The van der Waals surface area contributed by atoms with E-state index in [-0.39, 0.29) is 0 Å². The molecule has 102 valence electrons. The number of rotatable bonds is 2. The van der Waals surface area contributed by atoms with E-state index in [0.29, 0.717) is 11.8 Å². The zero-order valence-electron chi connectivity index (χ0n) is 12.4. The molecular formula is C17H19N2S+. The third-order valence-corrected chi connectivity index (χ3v) is 5.40. The van der Waals surface area contributed by atoms with Gasteiger partial charge in [0, 0.05) is 17.3 Å². The molecule has 0 spiro atoms. The van der Waals surface area contributed by atoms with Crippen molar-refractivity contribution >= 4 is 31.8 Å². The highest BCUT2D eigenvalue weighted by Gasteiger charge is 2.30. The summed E-state index contributed by atoms with van der Waals surface area (Å²) in [7, 11) is 0. The number of hydrogen-bond acceptors (Lipinski definition) is 2. The van der Waals surface area contributed by atoms with Crippen LogP contribution in [0.2, 0.25) is 0 Å². The average molecular weight is 283 g/mol. The molecule has 3 heteroatoms. The minimum atomic E-state index is 0.491. The van der Waals surface area contributed by atoms with Gasteiger partial charge >= 0.3 is 0 Å². The van der Waals surface area contributed by atoms with Crippen LogP contribution in [0.5, 0.6) is 0 Å². The Labute approximate surface area is 123 Å². The van der Waals surface area contributed by atoms with Crippen molar-refractivity contribution in [3.8, 4) is 0 Å². The molecule has 0 radical (unpaired) electrons. The molecule has 3 aromatic heterocycles. The maximum atomic E-state index is 4.91. The Bertz CT molecular complexity index is 843. The van der Waals surface area contributed by atoms with Gasteiger partial charge in [-0.25, -0.2) is 4.98 Å². The number of pyridine rings is 2. The molecule has 0 aliphatic carbocycles. The molecule has 0 N–H and O–H groups in total. The van der Waals surface area contributed by atoms with Gasteiger partial charge in [0.1, 0.15) is 9.53 Å². The van der Waals surface area contributed by atoms with E-state index in [2.05, 4.69) is 50.6 Å². The molecule has 4 rings (SSSR count). The van der Waals surface area contributed by atoms with Gasteiger partial charge in [0.05, 0.1) is 5.39 Å². The number of nitrogens with zero attached hydrogens (tertiary/aromatic N) is 2. The Morgan fingerprint density at radius 1 is 1.20 bits per heavy atom. The smallest absolute Gasteiger partial charge is 0.234 e. The van der Waals surface area contributed by atoms with E-state index >= 15 is 0 Å². The predicted molar refractivity (Wildman–Crippen MR) is 84.6 cm³/mol. The minimum Gasteiger partial charge on any atom is -0.241 e. The first kappa shape index (κ1) is 12.3. The highest BCUT2D eigenvalue weighted by molar-refractivity contribution is 7.25. The van der Waals surface area contributed by atoms with E-state index in [9.17, 15) is 0 Å². The topological polar surface area (TPSA) is 16.8 Å². The molecule has 1 aliphatic rings. The third kappa shape index (κ3) is 1.50. The molecule has 0 bridgehead atoms. The summed E-state index contributed by atoms with van der Waals surface area (Å²) in [4.78, 5) is 6.13. The van der Waals surface area contributed by atoms with Crippen molar-refractivity contribution in [2.45, 2.75) is 46.1 Å². The molecule has 3 aromatic rings. The number of hydrogen-bond donors (Lipinski definition) is 0. The average Bonchev–Trinajstić information content (AvgIpc) is 2.95. The lowest BCUT2D eigenvalue weighted by Crippen LogP contribution is -2.31. The maximum absolute atomic E-state index is 4.91. The SMILES string of the molecule is CC(C)c1cc2c3c(n1)sc1c(C(C)C)cc[n+](c13)C2. The molecule has 4 heterocycles. The minimum absolute atomic E-state index is 0.491. The largest absolute Gasteiger partial charge is 0.241 e. The second kappa shape index (κ2) is 4.01. The Morgan fingerprint density at radius 2 is 2.00 bits per heavy atom. The van der Waals surface area contributed by atoms with Crippen LogP contribution >= 0.6 is 11.3 Å². The molecule has 1 aliphatic heterocycles. The summed E-state index contributed by atoms with van der Waals surface area (Å²) < 4.78 is 3.82. The Hall–Kier alpha value is -1.48. The van der Waals surface area contributed by atoms with E-state index in [1.807, 2.05) is 11.3 Å². The van der Waals surface area contributed by atoms with E-state index in [1.54, 1.807) is 0 Å². The van der Waals surface area contributed by atoms with Crippen molar-refractivity contribution in [3.63, 3.8) is 0 Å². The molecule has 0 saturated heterocycles. The quantitative estimate of drug-likeness (QED) is 0.500. The van der Waals surface area contributed by atoms with Gasteiger partial charge in [-0.1, -0.05) is 27.7 Å². The van der Waals surface area contributed by atoms with Crippen LogP contribution in [0, 0.1) is 0 Å². The van der Waals surface area contributed by atoms with Crippen molar-refractivity contribution in [1.29, 1.82) is 0 Å². The summed E-state index contributed by atoms with van der Waals surface area (Å²) in [6.45, 7) is 10.00. The number of thiophene rings is 1. The van der Waals surface area contributed by atoms with E-state index in [1.165, 1.54) is 37.3 Å². The van der Waals surface area contributed by atoms with Crippen molar-refractivity contribution in [1.82, 2.24) is 4.98 Å². The number of aromatic nitrogens is 2.